The predicted molar refractivity (Wildman–Crippen MR) is 82.0 cm³/mol. The zero-order chi connectivity index (χ0) is 15.5. The second-order valence-corrected chi connectivity index (χ2v) is 6.16. The molecule has 1 saturated heterocycles. The van der Waals surface area contributed by atoms with Crippen molar-refractivity contribution in [1.82, 2.24) is 4.90 Å². The van der Waals surface area contributed by atoms with E-state index in [1.165, 1.54) is 25.0 Å². The Morgan fingerprint density at radius 2 is 1.81 bits per heavy atom. The highest BCUT2D eigenvalue weighted by molar-refractivity contribution is 5.23. The molecule has 1 unspecified atom stereocenters. The first kappa shape index (κ1) is 16.4. The molecule has 2 N–H and O–H groups in total. The van der Waals surface area contributed by atoms with E-state index in [-0.39, 0.29) is 6.04 Å². The quantitative estimate of drug-likeness (QED) is 0.894. The Labute approximate surface area is 126 Å². The normalized spacial score (nSPS) is 20.4. The van der Waals surface area contributed by atoms with Gasteiger partial charge in [-0.2, -0.15) is 0 Å². The van der Waals surface area contributed by atoms with Crippen LogP contribution in [-0.4, -0.2) is 24.5 Å². The number of nitrogens with two attached hydrogens (primary N) is 1. The Bertz CT molecular complexity index is 462. The molecule has 0 saturated carbocycles. The number of benzene rings is 1. The first-order valence-electron chi connectivity index (χ1n) is 7.94. The van der Waals surface area contributed by atoms with Crippen LogP contribution in [0.4, 0.5) is 8.78 Å². The minimum atomic E-state index is -0.540. The van der Waals surface area contributed by atoms with Gasteiger partial charge in [0, 0.05) is 24.2 Å². The van der Waals surface area contributed by atoms with E-state index in [2.05, 4.69) is 18.7 Å². The van der Waals surface area contributed by atoms with Crippen LogP contribution < -0.4 is 5.73 Å². The van der Waals surface area contributed by atoms with E-state index in [1.807, 2.05) is 0 Å². The summed E-state index contributed by atoms with van der Waals surface area (Å²) in [5, 5.41) is 0. The number of piperidine rings is 1. The molecule has 4 heteroatoms. The summed E-state index contributed by atoms with van der Waals surface area (Å²) in [6.45, 7) is 6.72. The summed E-state index contributed by atoms with van der Waals surface area (Å²) >= 11 is 0. The average molecular weight is 296 g/mol. The molecule has 1 aliphatic heterocycles. The van der Waals surface area contributed by atoms with Crippen LogP contribution in [0.25, 0.3) is 0 Å². The fourth-order valence-corrected chi connectivity index (χ4v) is 3.51. The number of halogens is 2. The van der Waals surface area contributed by atoms with E-state index in [9.17, 15) is 8.78 Å². The molecule has 2 nitrogen and oxygen atoms in total. The van der Waals surface area contributed by atoms with E-state index in [0.717, 1.165) is 32.0 Å². The van der Waals surface area contributed by atoms with Crippen molar-refractivity contribution < 1.29 is 8.78 Å². The molecule has 118 valence electrons. The van der Waals surface area contributed by atoms with Crippen LogP contribution in [-0.2, 0) is 0 Å². The van der Waals surface area contributed by atoms with Crippen LogP contribution in [0.15, 0.2) is 18.2 Å². The van der Waals surface area contributed by atoms with Crippen LogP contribution in [0, 0.1) is 17.0 Å². The minimum absolute atomic E-state index is 0.155. The molecule has 0 amide bonds. The summed E-state index contributed by atoms with van der Waals surface area (Å²) in [4.78, 5) is 2.25. The van der Waals surface area contributed by atoms with Gasteiger partial charge in [-0.15, -0.1) is 0 Å². The lowest BCUT2D eigenvalue weighted by Gasteiger charge is -2.44. The molecule has 1 aliphatic rings. The van der Waals surface area contributed by atoms with Crippen LogP contribution in [0.3, 0.4) is 0 Å². The summed E-state index contributed by atoms with van der Waals surface area (Å²) in [6.07, 6.45) is 4.63. The van der Waals surface area contributed by atoms with Crippen molar-refractivity contribution in [3.8, 4) is 0 Å². The fraction of sp³-hybridized carbons (Fsp3) is 0.647. The average Bonchev–Trinajstić information content (AvgIpc) is 2.51. The third-order valence-corrected chi connectivity index (χ3v) is 5.34. The van der Waals surface area contributed by atoms with Crippen molar-refractivity contribution >= 4 is 0 Å². The first-order valence-corrected chi connectivity index (χ1v) is 7.94. The highest BCUT2D eigenvalue weighted by atomic mass is 19.1. The number of hydrogen-bond acceptors (Lipinski definition) is 2. The van der Waals surface area contributed by atoms with Gasteiger partial charge in [0.2, 0.25) is 0 Å². The molecule has 0 radical (unpaired) electrons. The molecular weight excluding hydrogens is 270 g/mol. The molecule has 0 aliphatic carbocycles. The topological polar surface area (TPSA) is 29.3 Å². The Kier molecular flexibility index (Phi) is 5.33. The van der Waals surface area contributed by atoms with E-state index in [1.54, 1.807) is 0 Å². The number of likely N-dealkylation sites (tertiary alicyclic amines) is 1. The van der Waals surface area contributed by atoms with Crippen molar-refractivity contribution in [1.29, 1.82) is 0 Å². The van der Waals surface area contributed by atoms with Gasteiger partial charge in [0.15, 0.2) is 0 Å². The number of rotatable bonds is 5. The molecule has 1 heterocycles. The maximum Gasteiger partial charge on any atom is 0.130 e. The minimum Gasteiger partial charge on any atom is -0.329 e. The molecule has 1 fully saturated rings. The lowest BCUT2D eigenvalue weighted by atomic mass is 9.74. The summed E-state index contributed by atoms with van der Waals surface area (Å²) in [6, 6.07) is 3.64. The molecule has 0 aromatic heterocycles. The van der Waals surface area contributed by atoms with Gasteiger partial charge in [0.1, 0.15) is 11.6 Å². The predicted octanol–water partition coefficient (Wildman–Crippen LogP) is 3.87. The van der Waals surface area contributed by atoms with Crippen molar-refractivity contribution in [3.05, 3.63) is 35.4 Å². The standard InChI is InChI=1S/C17H26F2N2/c1-3-17(4-2)7-9-21(10-8-17)16(12-20)14-6-5-13(18)11-15(14)19/h5-6,11,16H,3-4,7-10,12,20H2,1-2H3. The zero-order valence-electron chi connectivity index (χ0n) is 13.0. The maximum absolute atomic E-state index is 14.0. The highest BCUT2D eigenvalue weighted by Crippen LogP contribution is 2.40. The Balaban J connectivity index is 2.13. The third kappa shape index (κ3) is 3.43. The summed E-state index contributed by atoms with van der Waals surface area (Å²) in [5.41, 5.74) is 6.81. The second-order valence-electron chi connectivity index (χ2n) is 6.16. The van der Waals surface area contributed by atoms with E-state index < -0.39 is 11.6 Å². The molecule has 2 rings (SSSR count). The SMILES string of the molecule is CCC1(CC)CCN(C(CN)c2ccc(F)cc2F)CC1. The highest BCUT2D eigenvalue weighted by Gasteiger charge is 2.34. The molecule has 1 atom stereocenters. The van der Waals surface area contributed by atoms with Gasteiger partial charge < -0.3 is 5.73 Å². The van der Waals surface area contributed by atoms with Crippen LogP contribution in [0.1, 0.15) is 51.1 Å². The van der Waals surface area contributed by atoms with Gasteiger partial charge in [-0.3, -0.25) is 4.90 Å². The van der Waals surface area contributed by atoms with E-state index >= 15 is 0 Å². The maximum atomic E-state index is 14.0. The molecule has 0 bridgehead atoms. The largest absolute Gasteiger partial charge is 0.329 e. The fourth-order valence-electron chi connectivity index (χ4n) is 3.51. The molecule has 0 spiro atoms. The molecule has 1 aromatic carbocycles. The summed E-state index contributed by atoms with van der Waals surface area (Å²) in [7, 11) is 0. The van der Waals surface area contributed by atoms with Gasteiger partial charge in [0.25, 0.3) is 0 Å². The molecular formula is C17H26F2N2. The second kappa shape index (κ2) is 6.84. The smallest absolute Gasteiger partial charge is 0.130 e. The van der Waals surface area contributed by atoms with Gasteiger partial charge in [-0.1, -0.05) is 32.8 Å². The summed E-state index contributed by atoms with van der Waals surface area (Å²) in [5.74, 6) is -1.03. The zero-order valence-corrected chi connectivity index (χ0v) is 13.0. The van der Waals surface area contributed by atoms with Crippen molar-refractivity contribution in [3.63, 3.8) is 0 Å². The molecule has 21 heavy (non-hydrogen) atoms. The Morgan fingerprint density at radius 3 is 2.29 bits per heavy atom. The Morgan fingerprint density at radius 1 is 1.19 bits per heavy atom. The third-order valence-electron chi connectivity index (χ3n) is 5.34. The van der Waals surface area contributed by atoms with Crippen LogP contribution in [0.2, 0.25) is 0 Å². The van der Waals surface area contributed by atoms with Gasteiger partial charge >= 0.3 is 0 Å². The summed E-state index contributed by atoms with van der Waals surface area (Å²) < 4.78 is 27.1. The van der Waals surface area contributed by atoms with E-state index in [4.69, 9.17) is 5.73 Å². The van der Waals surface area contributed by atoms with Gasteiger partial charge in [0.05, 0.1) is 0 Å². The van der Waals surface area contributed by atoms with Crippen molar-refractivity contribution in [2.45, 2.75) is 45.6 Å². The first-order chi connectivity index (χ1) is 10.0. The van der Waals surface area contributed by atoms with Crippen molar-refractivity contribution in [2.75, 3.05) is 19.6 Å². The lowest BCUT2D eigenvalue weighted by molar-refractivity contribution is 0.0669. The van der Waals surface area contributed by atoms with Gasteiger partial charge in [-0.05, 0) is 37.4 Å². The van der Waals surface area contributed by atoms with Crippen LogP contribution >= 0.6 is 0 Å². The van der Waals surface area contributed by atoms with Crippen molar-refractivity contribution in [2.24, 2.45) is 11.1 Å². The molecule has 1 aromatic rings. The van der Waals surface area contributed by atoms with Crippen LogP contribution in [0.5, 0.6) is 0 Å². The van der Waals surface area contributed by atoms with E-state index in [0.29, 0.717) is 17.5 Å². The van der Waals surface area contributed by atoms with Gasteiger partial charge in [-0.25, -0.2) is 8.78 Å². The number of hydrogen-bond donors (Lipinski definition) is 1. The number of nitrogens with zero attached hydrogens (tertiary/aromatic N) is 1. The Hall–Kier alpha value is -1.00. The monoisotopic (exact) mass is 296 g/mol. The lowest BCUT2D eigenvalue weighted by Crippen LogP contribution is -2.43.